The van der Waals surface area contributed by atoms with Gasteiger partial charge in [0.15, 0.2) is 6.17 Å². The Bertz CT molecular complexity index is 1070. The number of pyridine rings is 1. The third kappa shape index (κ3) is 2.73. The Morgan fingerprint density at radius 1 is 1.15 bits per heavy atom. The molecular weight excluding hydrogens is 334 g/mol. The van der Waals surface area contributed by atoms with Gasteiger partial charge in [-0.1, -0.05) is 12.1 Å². The minimum atomic E-state index is -1.63. The maximum absolute atomic E-state index is 13.9. The highest BCUT2D eigenvalue weighted by Crippen LogP contribution is 2.37. The van der Waals surface area contributed by atoms with Crippen molar-refractivity contribution in [3.8, 4) is 11.1 Å². The maximum Gasteiger partial charge on any atom is 0.155 e. The average molecular weight is 350 g/mol. The predicted octanol–water partition coefficient (Wildman–Crippen LogP) is 4.64. The van der Waals surface area contributed by atoms with E-state index in [0.29, 0.717) is 22.7 Å². The molecule has 4 nitrogen and oxygen atoms in total. The molecule has 6 heteroatoms. The van der Waals surface area contributed by atoms with Gasteiger partial charge in [-0.15, -0.1) is 0 Å². The molecule has 0 spiro atoms. The first-order valence-corrected chi connectivity index (χ1v) is 8.21. The number of nitrogen functional groups attached to an aromatic ring is 1. The van der Waals surface area contributed by atoms with Crippen molar-refractivity contribution in [1.29, 1.82) is 0 Å². The molecule has 2 aromatic heterocycles. The lowest BCUT2D eigenvalue weighted by molar-refractivity contribution is 0.328. The van der Waals surface area contributed by atoms with Crippen LogP contribution in [0.5, 0.6) is 0 Å². The molecule has 2 heterocycles. The van der Waals surface area contributed by atoms with E-state index < -0.39 is 12.0 Å². The number of benzene rings is 1. The van der Waals surface area contributed by atoms with Gasteiger partial charge in [0.1, 0.15) is 18.0 Å². The van der Waals surface area contributed by atoms with Crippen LogP contribution in [0.3, 0.4) is 0 Å². The summed E-state index contributed by atoms with van der Waals surface area (Å²) in [6, 6.07) is 9.39. The van der Waals surface area contributed by atoms with E-state index in [1.165, 1.54) is 12.4 Å². The molecule has 0 saturated heterocycles. The molecule has 0 saturated carbocycles. The van der Waals surface area contributed by atoms with E-state index in [4.69, 9.17) is 5.73 Å². The average Bonchev–Trinajstić information content (AvgIpc) is 2.65. The van der Waals surface area contributed by atoms with Gasteiger partial charge in [-0.2, -0.15) is 0 Å². The van der Waals surface area contributed by atoms with Crippen LogP contribution in [0, 0.1) is 0 Å². The highest BCUT2D eigenvalue weighted by Gasteiger charge is 2.24. The van der Waals surface area contributed by atoms with Gasteiger partial charge in [-0.05, 0) is 47.9 Å². The molecule has 0 radical (unpaired) electrons. The number of halogens is 2. The highest BCUT2D eigenvalue weighted by molar-refractivity contribution is 5.93. The van der Waals surface area contributed by atoms with E-state index in [9.17, 15) is 8.78 Å². The zero-order valence-corrected chi connectivity index (χ0v) is 14.1. The Kier molecular flexibility index (Phi) is 3.95. The van der Waals surface area contributed by atoms with E-state index in [1.54, 1.807) is 13.1 Å². The van der Waals surface area contributed by atoms with Crippen molar-refractivity contribution in [2.75, 3.05) is 5.73 Å². The number of anilines is 1. The Labute approximate surface area is 149 Å². The Morgan fingerprint density at radius 2 is 2.00 bits per heavy atom. The fourth-order valence-corrected chi connectivity index (χ4v) is 3.23. The number of rotatable bonds is 2. The lowest BCUT2D eigenvalue weighted by Gasteiger charge is -2.20. The third-order valence-corrected chi connectivity index (χ3v) is 4.58. The van der Waals surface area contributed by atoms with Gasteiger partial charge in [-0.3, -0.25) is 4.98 Å². The van der Waals surface area contributed by atoms with Crippen molar-refractivity contribution in [1.82, 2.24) is 15.0 Å². The van der Waals surface area contributed by atoms with E-state index in [2.05, 4.69) is 15.0 Å². The first kappa shape index (κ1) is 16.3. The largest absolute Gasteiger partial charge is 0.383 e. The molecule has 1 aliphatic carbocycles. The molecule has 0 bridgehead atoms. The summed E-state index contributed by atoms with van der Waals surface area (Å²) in [6.45, 7) is 1.77. The summed E-state index contributed by atoms with van der Waals surface area (Å²) in [5, 5.41) is 0.739. The molecule has 3 aromatic rings. The van der Waals surface area contributed by atoms with E-state index in [-0.39, 0.29) is 6.42 Å². The van der Waals surface area contributed by atoms with Crippen molar-refractivity contribution in [3.63, 3.8) is 0 Å². The molecule has 1 aromatic carbocycles. The van der Waals surface area contributed by atoms with E-state index in [0.717, 1.165) is 22.0 Å². The normalized spacial score (nSPS) is 17.5. The summed E-state index contributed by atoms with van der Waals surface area (Å²) in [4.78, 5) is 12.7. The van der Waals surface area contributed by atoms with Crippen LogP contribution in [-0.4, -0.2) is 21.1 Å². The standard InChI is InChI=1S/C20H16F2N4/c1-11-7-16(21)17(22)9-14(11)19-13(3-2-6-24-19)12-4-5-18-15(8-12)20(23)26-10-25-18/h2-8,10,17H,9H2,1H3,(H2,23,25,26). The molecule has 1 unspecified atom stereocenters. The lowest BCUT2D eigenvalue weighted by Crippen LogP contribution is -2.10. The number of hydrogen-bond donors (Lipinski definition) is 1. The van der Waals surface area contributed by atoms with Crippen LogP contribution in [0.25, 0.3) is 27.6 Å². The van der Waals surface area contributed by atoms with Crippen molar-refractivity contribution in [2.45, 2.75) is 19.5 Å². The minimum absolute atomic E-state index is 0.0307. The molecule has 4 rings (SSSR count). The Balaban J connectivity index is 1.90. The Hall–Kier alpha value is -3.15. The smallest absolute Gasteiger partial charge is 0.155 e. The predicted molar refractivity (Wildman–Crippen MR) is 98.5 cm³/mol. The summed E-state index contributed by atoms with van der Waals surface area (Å²) in [5.74, 6) is -0.344. The minimum Gasteiger partial charge on any atom is -0.383 e. The molecule has 26 heavy (non-hydrogen) atoms. The van der Waals surface area contributed by atoms with Gasteiger partial charge in [0.2, 0.25) is 0 Å². The van der Waals surface area contributed by atoms with Crippen molar-refractivity contribution >= 4 is 22.3 Å². The quantitative estimate of drug-likeness (QED) is 0.731. The van der Waals surface area contributed by atoms with Gasteiger partial charge in [0.05, 0.1) is 11.2 Å². The number of aromatic nitrogens is 3. The van der Waals surface area contributed by atoms with Gasteiger partial charge in [0.25, 0.3) is 0 Å². The number of nitrogens with two attached hydrogens (primary N) is 1. The van der Waals surface area contributed by atoms with Crippen LogP contribution >= 0.6 is 0 Å². The van der Waals surface area contributed by atoms with Crippen LogP contribution in [-0.2, 0) is 0 Å². The fourth-order valence-electron chi connectivity index (χ4n) is 3.23. The first-order valence-electron chi connectivity index (χ1n) is 8.21. The highest BCUT2D eigenvalue weighted by atomic mass is 19.2. The number of nitrogens with zero attached hydrogens (tertiary/aromatic N) is 3. The zero-order chi connectivity index (χ0) is 18.3. The topological polar surface area (TPSA) is 64.7 Å². The SMILES string of the molecule is CC1=C(c2ncccc2-c2ccc3ncnc(N)c3c2)CC(F)C(F)=C1. The van der Waals surface area contributed by atoms with Crippen LogP contribution in [0.1, 0.15) is 19.0 Å². The molecule has 2 N–H and O–H groups in total. The number of alkyl halides is 1. The van der Waals surface area contributed by atoms with Crippen molar-refractivity contribution in [2.24, 2.45) is 0 Å². The van der Waals surface area contributed by atoms with Crippen molar-refractivity contribution in [3.05, 3.63) is 66.0 Å². The second-order valence-electron chi connectivity index (χ2n) is 6.25. The van der Waals surface area contributed by atoms with Gasteiger partial charge in [-0.25, -0.2) is 18.7 Å². The number of allylic oxidation sites excluding steroid dienone is 4. The number of fused-ring (bicyclic) bond motifs is 1. The summed E-state index contributed by atoms with van der Waals surface area (Å²) in [5.41, 5.74) is 10.4. The fraction of sp³-hybridized carbons (Fsp3) is 0.150. The zero-order valence-electron chi connectivity index (χ0n) is 14.1. The summed E-state index contributed by atoms with van der Waals surface area (Å²) in [6.07, 6.45) is 2.65. The molecule has 1 aliphatic rings. The molecule has 0 amide bonds. The van der Waals surface area contributed by atoms with Crippen LogP contribution < -0.4 is 5.73 Å². The number of hydrogen-bond acceptors (Lipinski definition) is 4. The summed E-state index contributed by atoms with van der Waals surface area (Å²) in [7, 11) is 0. The second-order valence-corrected chi connectivity index (χ2v) is 6.25. The van der Waals surface area contributed by atoms with Gasteiger partial charge in [0, 0.05) is 23.6 Å². The van der Waals surface area contributed by atoms with Crippen LogP contribution in [0.2, 0.25) is 0 Å². The summed E-state index contributed by atoms with van der Waals surface area (Å²) >= 11 is 0. The van der Waals surface area contributed by atoms with Gasteiger partial charge >= 0.3 is 0 Å². The van der Waals surface area contributed by atoms with Crippen LogP contribution in [0.15, 0.2) is 60.3 Å². The van der Waals surface area contributed by atoms with E-state index >= 15 is 0 Å². The third-order valence-electron chi connectivity index (χ3n) is 4.58. The summed E-state index contributed by atoms with van der Waals surface area (Å²) < 4.78 is 27.5. The molecule has 130 valence electrons. The monoisotopic (exact) mass is 350 g/mol. The van der Waals surface area contributed by atoms with Crippen molar-refractivity contribution < 1.29 is 8.78 Å². The van der Waals surface area contributed by atoms with E-state index in [1.807, 2.05) is 30.3 Å². The van der Waals surface area contributed by atoms with Crippen LogP contribution in [0.4, 0.5) is 14.6 Å². The van der Waals surface area contributed by atoms with Gasteiger partial charge < -0.3 is 5.73 Å². The molecule has 0 aliphatic heterocycles. The first-order chi connectivity index (χ1) is 12.5. The Morgan fingerprint density at radius 3 is 2.85 bits per heavy atom. The molecular formula is C20H16F2N4. The molecule has 0 fully saturated rings. The lowest BCUT2D eigenvalue weighted by atomic mass is 9.89. The second kappa shape index (κ2) is 6.29. The molecule has 1 atom stereocenters. The maximum atomic E-state index is 13.9.